The minimum absolute atomic E-state index is 0.115. The minimum atomic E-state index is 0.115. The highest BCUT2D eigenvalue weighted by Crippen LogP contribution is 2.29. The van der Waals surface area contributed by atoms with Crippen LogP contribution in [-0.4, -0.2) is 14.2 Å². The summed E-state index contributed by atoms with van der Waals surface area (Å²) in [5, 5.41) is 3.40. The first kappa shape index (κ1) is 14.9. The maximum atomic E-state index is 5.47. The number of furan rings is 1. The Balaban J connectivity index is 2.09. The summed E-state index contributed by atoms with van der Waals surface area (Å²) in [6.07, 6.45) is 0. The van der Waals surface area contributed by atoms with Crippen molar-refractivity contribution in [3.05, 3.63) is 46.3 Å². The Hall–Kier alpha value is -1.46. The predicted molar refractivity (Wildman–Crippen MR) is 81.2 cm³/mol. The Morgan fingerprint density at radius 1 is 1.20 bits per heavy atom. The molecule has 2 rings (SSSR count). The lowest BCUT2D eigenvalue weighted by Crippen LogP contribution is -2.18. The van der Waals surface area contributed by atoms with Gasteiger partial charge in [-0.3, -0.25) is 0 Å². The molecular weight excluding hydrogens is 322 g/mol. The highest BCUT2D eigenvalue weighted by atomic mass is 79.9. The quantitative estimate of drug-likeness (QED) is 0.866. The van der Waals surface area contributed by atoms with Gasteiger partial charge in [0, 0.05) is 11.6 Å². The molecule has 1 aromatic heterocycles. The molecule has 0 aliphatic carbocycles. The normalized spacial score (nSPS) is 12.2. The monoisotopic (exact) mass is 339 g/mol. The molecule has 1 atom stereocenters. The molecule has 0 radical (unpaired) electrons. The molecule has 108 valence electrons. The number of nitrogens with one attached hydrogen (secondary N) is 1. The number of rotatable bonds is 6. The highest BCUT2D eigenvalue weighted by molar-refractivity contribution is 9.10. The van der Waals surface area contributed by atoms with E-state index in [1.54, 1.807) is 14.2 Å². The van der Waals surface area contributed by atoms with Crippen LogP contribution in [0.15, 0.2) is 39.4 Å². The van der Waals surface area contributed by atoms with Gasteiger partial charge in [0.05, 0.1) is 20.8 Å². The van der Waals surface area contributed by atoms with E-state index in [0.29, 0.717) is 6.54 Å². The summed E-state index contributed by atoms with van der Waals surface area (Å²) in [5.41, 5.74) is 1.05. The van der Waals surface area contributed by atoms with Gasteiger partial charge in [-0.15, -0.1) is 0 Å². The molecule has 0 bridgehead atoms. The van der Waals surface area contributed by atoms with Gasteiger partial charge in [0.25, 0.3) is 0 Å². The van der Waals surface area contributed by atoms with Crippen LogP contribution in [0.1, 0.15) is 24.3 Å². The van der Waals surface area contributed by atoms with Gasteiger partial charge in [-0.05, 0) is 53.2 Å². The third-order valence-electron chi connectivity index (χ3n) is 3.11. The second kappa shape index (κ2) is 6.81. The van der Waals surface area contributed by atoms with Gasteiger partial charge in [-0.25, -0.2) is 0 Å². The van der Waals surface area contributed by atoms with Crippen molar-refractivity contribution in [2.75, 3.05) is 14.2 Å². The average Bonchev–Trinajstić information content (AvgIpc) is 2.89. The summed E-state index contributed by atoms with van der Waals surface area (Å²) >= 11 is 3.29. The minimum Gasteiger partial charge on any atom is -0.497 e. The molecule has 0 fully saturated rings. The molecule has 1 heterocycles. The van der Waals surface area contributed by atoms with Gasteiger partial charge in [0.2, 0.25) is 0 Å². The van der Waals surface area contributed by atoms with Crippen LogP contribution >= 0.6 is 15.9 Å². The SMILES string of the molecule is COc1ccc(OC)c(C(C)NCc2ccc(Br)o2)c1. The second-order valence-electron chi connectivity index (χ2n) is 4.42. The van der Waals surface area contributed by atoms with Crippen molar-refractivity contribution < 1.29 is 13.9 Å². The van der Waals surface area contributed by atoms with Crippen LogP contribution in [-0.2, 0) is 6.54 Å². The van der Waals surface area contributed by atoms with E-state index in [9.17, 15) is 0 Å². The fourth-order valence-corrected chi connectivity index (χ4v) is 2.33. The Kier molecular flexibility index (Phi) is 5.09. The van der Waals surface area contributed by atoms with Crippen molar-refractivity contribution in [3.8, 4) is 11.5 Å². The van der Waals surface area contributed by atoms with Crippen LogP contribution in [0.3, 0.4) is 0 Å². The van der Waals surface area contributed by atoms with Crippen LogP contribution < -0.4 is 14.8 Å². The Morgan fingerprint density at radius 3 is 2.60 bits per heavy atom. The lowest BCUT2D eigenvalue weighted by Gasteiger charge is -2.17. The molecule has 0 spiro atoms. The molecule has 1 N–H and O–H groups in total. The van der Waals surface area contributed by atoms with Gasteiger partial charge in [0.15, 0.2) is 4.67 Å². The smallest absolute Gasteiger partial charge is 0.169 e. The van der Waals surface area contributed by atoms with Gasteiger partial charge in [-0.1, -0.05) is 0 Å². The summed E-state index contributed by atoms with van der Waals surface area (Å²) in [6.45, 7) is 2.72. The summed E-state index contributed by atoms with van der Waals surface area (Å²) in [7, 11) is 3.33. The van der Waals surface area contributed by atoms with Gasteiger partial charge in [0.1, 0.15) is 17.3 Å². The molecule has 1 aromatic carbocycles. The first-order valence-electron chi connectivity index (χ1n) is 6.33. The largest absolute Gasteiger partial charge is 0.497 e. The summed E-state index contributed by atoms with van der Waals surface area (Å²) in [5.74, 6) is 2.53. The first-order valence-corrected chi connectivity index (χ1v) is 7.13. The predicted octanol–water partition coefficient (Wildman–Crippen LogP) is 3.91. The number of hydrogen-bond donors (Lipinski definition) is 1. The molecule has 2 aromatic rings. The van der Waals surface area contributed by atoms with Gasteiger partial charge < -0.3 is 19.2 Å². The molecule has 1 unspecified atom stereocenters. The van der Waals surface area contributed by atoms with Crippen molar-refractivity contribution in [1.29, 1.82) is 0 Å². The van der Waals surface area contributed by atoms with E-state index in [-0.39, 0.29) is 6.04 Å². The molecule has 0 saturated heterocycles. The summed E-state index contributed by atoms with van der Waals surface area (Å²) in [6, 6.07) is 9.72. The third-order valence-corrected chi connectivity index (χ3v) is 3.54. The fraction of sp³-hybridized carbons (Fsp3) is 0.333. The van der Waals surface area contributed by atoms with E-state index in [2.05, 4.69) is 28.2 Å². The standard InChI is InChI=1S/C15H18BrNO3/c1-10(17-9-12-5-7-15(16)20-12)13-8-11(18-2)4-6-14(13)19-3/h4-8,10,17H,9H2,1-3H3. The molecule has 20 heavy (non-hydrogen) atoms. The molecule has 5 heteroatoms. The zero-order chi connectivity index (χ0) is 14.5. The zero-order valence-electron chi connectivity index (χ0n) is 11.8. The van der Waals surface area contributed by atoms with E-state index in [0.717, 1.165) is 27.5 Å². The van der Waals surface area contributed by atoms with Crippen LogP contribution in [0.2, 0.25) is 0 Å². The van der Waals surface area contributed by atoms with Crippen LogP contribution in [0.5, 0.6) is 11.5 Å². The molecule has 0 amide bonds. The van der Waals surface area contributed by atoms with E-state index >= 15 is 0 Å². The Bertz CT molecular complexity index is 568. The summed E-state index contributed by atoms with van der Waals surface area (Å²) < 4.78 is 16.9. The molecule has 0 saturated carbocycles. The maximum absolute atomic E-state index is 5.47. The van der Waals surface area contributed by atoms with E-state index in [1.807, 2.05) is 30.3 Å². The number of halogens is 1. The number of benzene rings is 1. The number of hydrogen-bond acceptors (Lipinski definition) is 4. The fourth-order valence-electron chi connectivity index (χ4n) is 1.99. The lowest BCUT2D eigenvalue weighted by molar-refractivity contribution is 0.388. The van der Waals surface area contributed by atoms with E-state index < -0.39 is 0 Å². The van der Waals surface area contributed by atoms with Crippen molar-refractivity contribution in [2.24, 2.45) is 0 Å². The maximum Gasteiger partial charge on any atom is 0.169 e. The van der Waals surface area contributed by atoms with E-state index in [1.165, 1.54) is 0 Å². The van der Waals surface area contributed by atoms with Gasteiger partial charge >= 0.3 is 0 Å². The highest BCUT2D eigenvalue weighted by Gasteiger charge is 2.13. The average molecular weight is 340 g/mol. The molecule has 4 nitrogen and oxygen atoms in total. The van der Waals surface area contributed by atoms with Crippen molar-refractivity contribution in [1.82, 2.24) is 5.32 Å². The Morgan fingerprint density at radius 2 is 2.00 bits per heavy atom. The van der Waals surface area contributed by atoms with Crippen LogP contribution in [0.25, 0.3) is 0 Å². The zero-order valence-corrected chi connectivity index (χ0v) is 13.4. The molecule has 0 aliphatic rings. The summed E-state index contributed by atoms with van der Waals surface area (Å²) in [4.78, 5) is 0. The van der Waals surface area contributed by atoms with Crippen molar-refractivity contribution in [3.63, 3.8) is 0 Å². The number of methoxy groups -OCH3 is 2. The molecular formula is C15H18BrNO3. The van der Waals surface area contributed by atoms with Crippen molar-refractivity contribution in [2.45, 2.75) is 19.5 Å². The third kappa shape index (κ3) is 3.55. The second-order valence-corrected chi connectivity index (χ2v) is 5.20. The van der Waals surface area contributed by atoms with E-state index in [4.69, 9.17) is 13.9 Å². The van der Waals surface area contributed by atoms with Crippen LogP contribution in [0.4, 0.5) is 0 Å². The number of ether oxygens (including phenoxy) is 2. The lowest BCUT2D eigenvalue weighted by atomic mass is 10.1. The van der Waals surface area contributed by atoms with Crippen molar-refractivity contribution >= 4 is 15.9 Å². The first-order chi connectivity index (χ1) is 9.63. The topological polar surface area (TPSA) is 43.6 Å². The van der Waals surface area contributed by atoms with Gasteiger partial charge in [-0.2, -0.15) is 0 Å². The molecule has 0 aliphatic heterocycles. The van der Waals surface area contributed by atoms with Crippen LogP contribution in [0, 0.1) is 0 Å². The Labute approximate surface area is 127 Å².